The molecule has 0 amide bonds. The van der Waals surface area contributed by atoms with Crippen molar-refractivity contribution in [3.05, 3.63) is 0 Å². The van der Waals surface area contributed by atoms with Gasteiger partial charge in [0.2, 0.25) is 0 Å². The van der Waals surface area contributed by atoms with Crippen molar-refractivity contribution in [2.75, 3.05) is 0 Å². The van der Waals surface area contributed by atoms with Gasteiger partial charge in [-0.1, -0.05) is 26.7 Å². The van der Waals surface area contributed by atoms with Gasteiger partial charge in [-0.05, 0) is 46.0 Å². The first-order valence-electron chi connectivity index (χ1n) is 7.03. The molecular weight excluding hydrogens is 228 g/mol. The Morgan fingerprint density at radius 3 is 2.44 bits per heavy atom. The topological polar surface area (TPSA) is 46.5 Å². The highest BCUT2D eigenvalue weighted by atomic mass is 16.6. The number of hydrogen-bond acceptors (Lipinski definition) is 3. The normalized spacial score (nSPS) is 35.1. The van der Waals surface area contributed by atoms with Crippen LogP contribution in [0.15, 0.2) is 0 Å². The molecule has 0 radical (unpaired) electrons. The van der Waals surface area contributed by atoms with E-state index in [0.717, 1.165) is 12.8 Å². The van der Waals surface area contributed by atoms with Crippen LogP contribution < -0.4 is 0 Å². The van der Waals surface area contributed by atoms with Gasteiger partial charge >= 0.3 is 5.97 Å². The Labute approximate surface area is 111 Å². The standard InChI is InChI=1S/C15H28O3/c1-10-8-7-9-15(17,11(10)2)12(3)13(16)18-14(4,5)6/h10-12,17H,7-9H2,1-6H3. The van der Waals surface area contributed by atoms with E-state index in [1.54, 1.807) is 6.92 Å². The van der Waals surface area contributed by atoms with Crippen LogP contribution in [0.3, 0.4) is 0 Å². The van der Waals surface area contributed by atoms with Crippen LogP contribution in [0.1, 0.15) is 60.8 Å². The summed E-state index contributed by atoms with van der Waals surface area (Å²) >= 11 is 0. The second-order valence-electron chi connectivity index (χ2n) is 6.90. The molecule has 0 saturated heterocycles. The van der Waals surface area contributed by atoms with Crippen LogP contribution in [0.5, 0.6) is 0 Å². The zero-order valence-electron chi connectivity index (χ0n) is 12.6. The molecule has 1 saturated carbocycles. The SMILES string of the molecule is CC1CCCC(O)(C(C)C(=O)OC(C)(C)C)C1C. The fourth-order valence-electron chi connectivity index (χ4n) is 2.88. The Balaban J connectivity index is 2.81. The molecule has 3 heteroatoms. The summed E-state index contributed by atoms with van der Waals surface area (Å²) in [5.41, 5.74) is -1.41. The predicted molar refractivity (Wildman–Crippen MR) is 72.1 cm³/mol. The van der Waals surface area contributed by atoms with E-state index < -0.39 is 17.1 Å². The van der Waals surface area contributed by atoms with Crippen molar-refractivity contribution in [2.45, 2.75) is 72.0 Å². The lowest BCUT2D eigenvalue weighted by molar-refractivity contribution is -0.178. The third-order valence-corrected chi connectivity index (χ3v) is 4.39. The number of esters is 1. The van der Waals surface area contributed by atoms with Gasteiger partial charge in [-0.2, -0.15) is 0 Å². The Hall–Kier alpha value is -0.570. The van der Waals surface area contributed by atoms with E-state index in [-0.39, 0.29) is 11.9 Å². The molecule has 0 aromatic rings. The van der Waals surface area contributed by atoms with Crippen molar-refractivity contribution in [2.24, 2.45) is 17.8 Å². The average molecular weight is 256 g/mol. The Morgan fingerprint density at radius 2 is 1.94 bits per heavy atom. The fourth-order valence-corrected chi connectivity index (χ4v) is 2.88. The van der Waals surface area contributed by atoms with E-state index in [1.165, 1.54) is 0 Å². The second-order valence-corrected chi connectivity index (χ2v) is 6.90. The number of hydrogen-bond donors (Lipinski definition) is 1. The molecule has 1 rings (SSSR count). The molecular formula is C15H28O3. The summed E-state index contributed by atoms with van der Waals surface area (Å²) in [6.45, 7) is 11.6. The fraction of sp³-hybridized carbons (Fsp3) is 0.933. The van der Waals surface area contributed by atoms with Crippen LogP contribution in [0.2, 0.25) is 0 Å². The molecule has 0 heterocycles. The van der Waals surface area contributed by atoms with Crippen LogP contribution in [-0.2, 0) is 9.53 Å². The maximum atomic E-state index is 12.1. The van der Waals surface area contributed by atoms with E-state index in [1.807, 2.05) is 27.7 Å². The molecule has 0 aromatic heterocycles. The highest BCUT2D eigenvalue weighted by Crippen LogP contribution is 2.42. The van der Waals surface area contributed by atoms with E-state index in [2.05, 4.69) is 6.92 Å². The molecule has 3 nitrogen and oxygen atoms in total. The van der Waals surface area contributed by atoms with Crippen molar-refractivity contribution < 1.29 is 14.6 Å². The van der Waals surface area contributed by atoms with Crippen LogP contribution in [0.4, 0.5) is 0 Å². The monoisotopic (exact) mass is 256 g/mol. The number of carbonyl (C=O) groups is 1. The maximum Gasteiger partial charge on any atom is 0.312 e. The summed E-state index contributed by atoms with van der Waals surface area (Å²) in [4.78, 5) is 12.1. The molecule has 0 bridgehead atoms. The van der Waals surface area contributed by atoms with Gasteiger partial charge in [-0.15, -0.1) is 0 Å². The molecule has 1 aliphatic carbocycles. The van der Waals surface area contributed by atoms with Gasteiger partial charge < -0.3 is 9.84 Å². The van der Waals surface area contributed by atoms with Crippen LogP contribution in [0, 0.1) is 17.8 Å². The maximum absolute atomic E-state index is 12.1. The van der Waals surface area contributed by atoms with E-state index in [9.17, 15) is 9.90 Å². The number of carbonyl (C=O) groups excluding carboxylic acids is 1. The number of rotatable bonds is 2. The first kappa shape index (κ1) is 15.5. The molecule has 18 heavy (non-hydrogen) atoms. The van der Waals surface area contributed by atoms with Crippen LogP contribution in [-0.4, -0.2) is 22.3 Å². The zero-order valence-corrected chi connectivity index (χ0v) is 12.6. The number of ether oxygens (including phenoxy) is 1. The van der Waals surface area contributed by atoms with Gasteiger partial charge in [-0.25, -0.2) is 0 Å². The third-order valence-electron chi connectivity index (χ3n) is 4.39. The molecule has 106 valence electrons. The minimum atomic E-state index is -0.917. The summed E-state index contributed by atoms with van der Waals surface area (Å²) in [7, 11) is 0. The van der Waals surface area contributed by atoms with Crippen molar-refractivity contribution in [3.8, 4) is 0 Å². The molecule has 0 aliphatic heterocycles. The van der Waals surface area contributed by atoms with E-state index in [0.29, 0.717) is 12.3 Å². The Morgan fingerprint density at radius 1 is 1.39 bits per heavy atom. The zero-order chi connectivity index (χ0) is 14.1. The van der Waals surface area contributed by atoms with Gasteiger partial charge in [0.15, 0.2) is 0 Å². The third kappa shape index (κ3) is 3.25. The molecule has 0 spiro atoms. The molecule has 1 aliphatic rings. The quantitative estimate of drug-likeness (QED) is 0.772. The van der Waals surface area contributed by atoms with E-state index >= 15 is 0 Å². The molecule has 1 fully saturated rings. The lowest BCUT2D eigenvalue weighted by atomic mass is 9.65. The number of aliphatic hydroxyl groups is 1. The van der Waals surface area contributed by atoms with Gasteiger partial charge in [0.25, 0.3) is 0 Å². The van der Waals surface area contributed by atoms with Gasteiger partial charge in [0.1, 0.15) is 5.60 Å². The van der Waals surface area contributed by atoms with Crippen molar-refractivity contribution in [1.82, 2.24) is 0 Å². The Bertz CT molecular complexity index is 305. The lowest BCUT2D eigenvalue weighted by Gasteiger charge is -2.45. The summed E-state index contributed by atoms with van der Waals surface area (Å²) in [5.74, 6) is -0.164. The van der Waals surface area contributed by atoms with Crippen molar-refractivity contribution >= 4 is 5.97 Å². The Kier molecular flexibility index (Phi) is 4.47. The predicted octanol–water partition coefficient (Wildman–Crippen LogP) is 3.15. The van der Waals surface area contributed by atoms with Gasteiger partial charge in [0, 0.05) is 0 Å². The van der Waals surface area contributed by atoms with Gasteiger partial charge in [0.05, 0.1) is 11.5 Å². The summed E-state index contributed by atoms with van der Waals surface area (Å²) < 4.78 is 5.40. The van der Waals surface area contributed by atoms with Gasteiger partial charge in [-0.3, -0.25) is 4.79 Å². The first-order valence-corrected chi connectivity index (χ1v) is 7.03. The summed E-state index contributed by atoms with van der Waals surface area (Å²) in [6.07, 6.45) is 2.80. The lowest BCUT2D eigenvalue weighted by Crippen LogP contribution is -2.51. The molecule has 4 atom stereocenters. The largest absolute Gasteiger partial charge is 0.460 e. The van der Waals surface area contributed by atoms with Crippen molar-refractivity contribution in [1.29, 1.82) is 0 Å². The summed E-state index contributed by atoms with van der Waals surface area (Å²) in [5, 5.41) is 10.8. The minimum Gasteiger partial charge on any atom is -0.460 e. The van der Waals surface area contributed by atoms with Crippen LogP contribution in [0.25, 0.3) is 0 Å². The second kappa shape index (κ2) is 5.20. The smallest absolute Gasteiger partial charge is 0.312 e. The van der Waals surface area contributed by atoms with Crippen LogP contribution >= 0.6 is 0 Å². The molecule has 4 unspecified atom stereocenters. The minimum absolute atomic E-state index is 0.133. The highest BCUT2D eigenvalue weighted by molar-refractivity contribution is 5.74. The first-order chi connectivity index (χ1) is 8.08. The summed E-state index contributed by atoms with van der Waals surface area (Å²) in [6, 6.07) is 0. The van der Waals surface area contributed by atoms with E-state index in [4.69, 9.17) is 4.74 Å². The highest BCUT2D eigenvalue weighted by Gasteiger charge is 2.47. The molecule has 1 N–H and O–H groups in total. The average Bonchev–Trinajstić information content (AvgIpc) is 2.22. The molecule has 0 aromatic carbocycles. The van der Waals surface area contributed by atoms with Crippen molar-refractivity contribution in [3.63, 3.8) is 0 Å².